The van der Waals surface area contributed by atoms with Gasteiger partial charge in [0.05, 0.1) is 0 Å². The topological polar surface area (TPSA) is 57.5 Å². The average Bonchev–Trinajstić information content (AvgIpc) is 2.47. The SMILES string of the molecule is C/C=C/C=C(c1cccc(Cl)c1)c1cccc(Cl)c1.O=C(O)O. The van der Waals surface area contributed by atoms with Crippen molar-refractivity contribution in [3.05, 3.63) is 87.9 Å². The van der Waals surface area contributed by atoms with Crippen LogP contribution in [0.1, 0.15) is 18.1 Å². The summed E-state index contributed by atoms with van der Waals surface area (Å²) in [5.74, 6) is 0. The fourth-order valence-corrected chi connectivity index (χ4v) is 2.24. The molecule has 120 valence electrons. The molecule has 0 aliphatic carbocycles. The maximum absolute atomic E-state index is 8.56. The van der Waals surface area contributed by atoms with Crippen molar-refractivity contribution in [3.63, 3.8) is 0 Å². The summed E-state index contributed by atoms with van der Waals surface area (Å²) in [6.07, 6.45) is 4.24. The number of benzene rings is 2. The van der Waals surface area contributed by atoms with Crippen molar-refractivity contribution in [3.8, 4) is 0 Å². The van der Waals surface area contributed by atoms with Crippen molar-refractivity contribution in [1.82, 2.24) is 0 Å². The third-order valence-corrected chi connectivity index (χ3v) is 3.20. The molecule has 0 saturated carbocycles. The lowest BCUT2D eigenvalue weighted by Crippen LogP contribution is -1.88. The van der Waals surface area contributed by atoms with Gasteiger partial charge in [0, 0.05) is 10.0 Å². The lowest BCUT2D eigenvalue weighted by Gasteiger charge is -2.08. The minimum absolute atomic E-state index is 0.728. The van der Waals surface area contributed by atoms with Crippen molar-refractivity contribution in [2.45, 2.75) is 6.92 Å². The van der Waals surface area contributed by atoms with Crippen LogP contribution in [0.25, 0.3) is 5.57 Å². The summed E-state index contributed by atoms with van der Waals surface area (Å²) in [6, 6.07) is 15.6. The second-order valence-electron chi connectivity index (χ2n) is 4.41. The molecule has 0 spiro atoms. The molecule has 5 heteroatoms. The van der Waals surface area contributed by atoms with Gasteiger partial charge in [-0.2, -0.15) is 0 Å². The van der Waals surface area contributed by atoms with E-state index in [9.17, 15) is 0 Å². The molecule has 0 saturated heterocycles. The highest BCUT2D eigenvalue weighted by molar-refractivity contribution is 6.31. The zero-order chi connectivity index (χ0) is 17.2. The Balaban J connectivity index is 0.000000593. The van der Waals surface area contributed by atoms with Crippen LogP contribution in [0.4, 0.5) is 4.79 Å². The summed E-state index contributed by atoms with van der Waals surface area (Å²) in [7, 11) is 0. The summed E-state index contributed by atoms with van der Waals surface area (Å²) in [5, 5.41) is 15.4. The van der Waals surface area contributed by atoms with Gasteiger partial charge in [-0.1, -0.05) is 65.7 Å². The molecule has 3 nitrogen and oxygen atoms in total. The zero-order valence-corrected chi connectivity index (χ0v) is 13.9. The minimum Gasteiger partial charge on any atom is -0.450 e. The van der Waals surface area contributed by atoms with Crippen molar-refractivity contribution in [2.75, 3.05) is 0 Å². The van der Waals surface area contributed by atoms with E-state index in [1.807, 2.05) is 67.6 Å². The zero-order valence-electron chi connectivity index (χ0n) is 12.4. The molecular weight excluding hydrogens is 335 g/mol. The number of halogens is 2. The molecule has 0 aliphatic heterocycles. The van der Waals surface area contributed by atoms with Crippen LogP contribution in [-0.2, 0) is 0 Å². The number of carbonyl (C=O) groups is 1. The van der Waals surface area contributed by atoms with E-state index < -0.39 is 6.16 Å². The largest absolute Gasteiger partial charge is 0.503 e. The Labute approximate surface area is 145 Å². The maximum Gasteiger partial charge on any atom is 0.503 e. The Kier molecular flexibility index (Phi) is 7.95. The van der Waals surface area contributed by atoms with Crippen LogP contribution in [0, 0.1) is 0 Å². The molecule has 2 aromatic carbocycles. The third-order valence-electron chi connectivity index (χ3n) is 2.73. The van der Waals surface area contributed by atoms with Crippen LogP contribution in [-0.4, -0.2) is 16.4 Å². The number of carboxylic acid groups (broad SMARTS) is 2. The molecule has 0 radical (unpaired) electrons. The van der Waals surface area contributed by atoms with E-state index >= 15 is 0 Å². The van der Waals surface area contributed by atoms with Gasteiger partial charge in [-0.15, -0.1) is 0 Å². The van der Waals surface area contributed by atoms with E-state index in [2.05, 4.69) is 6.08 Å². The lowest BCUT2D eigenvalue weighted by molar-refractivity contribution is 0.137. The number of rotatable bonds is 3. The normalized spacial score (nSPS) is 9.87. The van der Waals surface area contributed by atoms with Gasteiger partial charge >= 0.3 is 6.16 Å². The van der Waals surface area contributed by atoms with Crippen LogP contribution >= 0.6 is 23.2 Å². The highest BCUT2D eigenvalue weighted by Crippen LogP contribution is 2.27. The molecule has 0 atom stereocenters. The number of allylic oxidation sites excluding steroid dienone is 3. The van der Waals surface area contributed by atoms with Crippen LogP contribution in [0.3, 0.4) is 0 Å². The van der Waals surface area contributed by atoms with Crippen molar-refractivity contribution < 1.29 is 15.0 Å². The first-order valence-corrected chi connectivity index (χ1v) is 7.46. The van der Waals surface area contributed by atoms with Crippen LogP contribution < -0.4 is 0 Å². The second-order valence-corrected chi connectivity index (χ2v) is 5.28. The maximum atomic E-state index is 8.56. The van der Waals surface area contributed by atoms with E-state index in [1.165, 1.54) is 0 Å². The quantitative estimate of drug-likeness (QED) is 0.645. The Morgan fingerprint density at radius 1 is 0.957 bits per heavy atom. The summed E-state index contributed by atoms with van der Waals surface area (Å²) < 4.78 is 0. The lowest BCUT2D eigenvalue weighted by atomic mass is 9.97. The molecule has 0 bridgehead atoms. The highest BCUT2D eigenvalue weighted by Gasteiger charge is 2.05. The smallest absolute Gasteiger partial charge is 0.450 e. The first-order chi connectivity index (χ1) is 10.9. The van der Waals surface area contributed by atoms with Crippen LogP contribution in [0.5, 0.6) is 0 Å². The van der Waals surface area contributed by atoms with Gasteiger partial charge in [-0.25, -0.2) is 4.79 Å². The Bertz CT molecular complexity index is 670. The van der Waals surface area contributed by atoms with E-state index in [0.29, 0.717) is 0 Å². The molecule has 2 rings (SSSR count). The molecule has 0 aromatic heterocycles. The summed E-state index contributed by atoms with van der Waals surface area (Å²) in [5.41, 5.74) is 3.25. The number of hydrogen-bond acceptors (Lipinski definition) is 1. The van der Waals surface area contributed by atoms with E-state index in [-0.39, 0.29) is 0 Å². The summed E-state index contributed by atoms with van der Waals surface area (Å²) in [6.45, 7) is 1.99. The number of hydrogen-bond donors (Lipinski definition) is 2. The van der Waals surface area contributed by atoms with Crippen molar-refractivity contribution in [1.29, 1.82) is 0 Å². The van der Waals surface area contributed by atoms with Gasteiger partial charge in [-0.3, -0.25) is 0 Å². The average molecular weight is 351 g/mol. The monoisotopic (exact) mass is 350 g/mol. The van der Waals surface area contributed by atoms with Gasteiger partial charge in [0.15, 0.2) is 0 Å². The highest BCUT2D eigenvalue weighted by atomic mass is 35.5. The molecule has 0 heterocycles. The van der Waals surface area contributed by atoms with Crippen molar-refractivity contribution in [2.24, 2.45) is 0 Å². The summed E-state index contributed by atoms with van der Waals surface area (Å²) >= 11 is 12.1. The molecule has 0 fully saturated rings. The van der Waals surface area contributed by atoms with Gasteiger partial charge in [0.2, 0.25) is 0 Å². The van der Waals surface area contributed by atoms with Gasteiger partial charge in [-0.05, 0) is 47.9 Å². The fourth-order valence-electron chi connectivity index (χ4n) is 1.86. The third kappa shape index (κ3) is 7.04. The fraction of sp³-hybridized carbons (Fsp3) is 0.0556. The molecule has 0 amide bonds. The molecule has 0 unspecified atom stereocenters. The Morgan fingerprint density at radius 2 is 1.39 bits per heavy atom. The molecule has 23 heavy (non-hydrogen) atoms. The minimum atomic E-state index is -1.83. The van der Waals surface area contributed by atoms with E-state index in [1.54, 1.807) is 0 Å². The summed E-state index contributed by atoms with van der Waals surface area (Å²) in [4.78, 5) is 8.56. The predicted molar refractivity (Wildman–Crippen MR) is 95.5 cm³/mol. The first kappa shape index (κ1) is 18.8. The molecule has 2 N–H and O–H groups in total. The van der Waals surface area contributed by atoms with E-state index in [4.69, 9.17) is 38.2 Å². The van der Waals surface area contributed by atoms with Crippen LogP contribution in [0.2, 0.25) is 10.0 Å². The Hall–Kier alpha value is -2.23. The predicted octanol–water partition coefficient (Wildman–Crippen LogP) is 6.22. The Morgan fingerprint density at radius 3 is 1.74 bits per heavy atom. The first-order valence-electron chi connectivity index (χ1n) is 6.70. The second kappa shape index (κ2) is 9.72. The van der Waals surface area contributed by atoms with Crippen LogP contribution in [0.15, 0.2) is 66.8 Å². The standard InChI is InChI=1S/C17H14Cl2.CH2O3/c1-2-3-10-17(13-6-4-8-15(18)11-13)14-7-5-9-16(19)12-14;2-1(3)4/h2-12H,1H3;(H2,2,3,4)/b3-2+;. The van der Waals surface area contributed by atoms with Gasteiger partial charge < -0.3 is 10.2 Å². The van der Waals surface area contributed by atoms with E-state index in [0.717, 1.165) is 26.7 Å². The van der Waals surface area contributed by atoms with Gasteiger partial charge in [0.1, 0.15) is 0 Å². The van der Waals surface area contributed by atoms with Gasteiger partial charge in [0.25, 0.3) is 0 Å². The molecule has 2 aromatic rings. The molecular formula is C18H16Cl2O3. The molecule has 0 aliphatic rings. The van der Waals surface area contributed by atoms with Crippen molar-refractivity contribution >= 4 is 34.9 Å².